The third kappa shape index (κ3) is 3.38. The van der Waals surface area contributed by atoms with Crippen LogP contribution in [0.5, 0.6) is 11.5 Å². The number of benzene rings is 1. The maximum atomic E-state index is 12.0. The van der Waals surface area contributed by atoms with Gasteiger partial charge in [0.1, 0.15) is 6.33 Å². The first-order chi connectivity index (χ1) is 14.1. The van der Waals surface area contributed by atoms with Gasteiger partial charge in [-0.1, -0.05) is 11.8 Å². The normalized spacial score (nSPS) is 15.6. The van der Waals surface area contributed by atoms with Gasteiger partial charge in [-0.2, -0.15) is 0 Å². The average molecular weight is 477 g/mol. The number of nitrogen functional groups attached to an aromatic ring is 1. The SMILES string of the molecule is Nc1ncnc2c1nc(Sc1cc3c(cc1Br)OCO3)n2CCN1CCCC1=O. The molecule has 5 rings (SSSR count). The summed E-state index contributed by atoms with van der Waals surface area (Å²) in [5.74, 6) is 1.92. The lowest BCUT2D eigenvalue weighted by Crippen LogP contribution is -2.28. The Morgan fingerprint density at radius 1 is 1.21 bits per heavy atom. The van der Waals surface area contributed by atoms with E-state index in [2.05, 4.69) is 30.9 Å². The number of nitrogens with zero attached hydrogens (tertiary/aromatic N) is 5. The summed E-state index contributed by atoms with van der Waals surface area (Å²) in [5.41, 5.74) is 7.24. The van der Waals surface area contributed by atoms with Gasteiger partial charge in [0.05, 0.1) is 0 Å². The molecule has 0 saturated carbocycles. The number of carbonyl (C=O) groups is 1. The highest BCUT2D eigenvalue weighted by Crippen LogP contribution is 2.43. The summed E-state index contributed by atoms with van der Waals surface area (Å²) in [7, 11) is 0. The second kappa shape index (κ2) is 7.38. The molecule has 1 aromatic carbocycles. The number of likely N-dealkylation sites (tertiary alicyclic amines) is 1. The second-order valence-electron chi connectivity index (χ2n) is 6.70. The van der Waals surface area contributed by atoms with Gasteiger partial charge < -0.3 is 24.7 Å². The Morgan fingerprint density at radius 3 is 2.83 bits per heavy atom. The molecule has 3 aromatic rings. The summed E-state index contributed by atoms with van der Waals surface area (Å²) in [6.07, 6.45) is 2.96. The Bertz CT molecular complexity index is 1120. The molecule has 0 bridgehead atoms. The Morgan fingerprint density at radius 2 is 2.03 bits per heavy atom. The zero-order chi connectivity index (χ0) is 20.0. The van der Waals surface area contributed by atoms with E-state index in [1.807, 2.05) is 21.6 Å². The van der Waals surface area contributed by atoms with E-state index in [0.717, 1.165) is 27.5 Å². The number of hydrogen-bond donors (Lipinski definition) is 1. The van der Waals surface area contributed by atoms with Crippen molar-refractivity contribution in [2.75, 3.05) is 25.6 Å². The van der Waals surface area contributed by atoms with Crippen LogP contribution in [0.2, 0.25) is 0 Å². The molecule has 9 nitrogen and oxygen atoms in total. The maximum absolute atomic E-state index is 12.0. The minimum Gasteiger partial charge on any atom is -0.454 e. The quantitative estimate of drug-likeness (QED) is 0.598. The molecule has 11 heteroatoms. The highest BCUT2D eigenvalue weighted by molar-refractivity contribution is 9.10. The molecule has 0 atom stereocenters. The molecule has 4 heterocycles. The second-order valence-corrected chi connectivity index (χ2v) is 8.56. The number of carbonyl (C=O) groups excluding carboxylic acids is 1. The molecular formula is C18H17BrN6O3S. The Kier molecular flexibility index (Phi) is 4.70. The minimum absolute atomic E-state index is 0.191. The van der Waals surface area contributed by atoms with Gasteiger partial charge in [-0.3, -0.25) is 4.79 Å². The van der Waals surface area contributed by atoms with Crippen molar-refractivity contribution in [1.29, 1.82) is 0 Å². The molecule has 0 aliphatic carbocycles. The molecule has 0 unspecified atom stereocenters. The van der Waals surface area contributed by atoms with Crippen LogP contribution in [0.25, 0.3) is 11.2 Å². The number of rotatable bonds is 5. The highest BCUT2D eigenvalue weighted by atomic mass is 79.9. The van der Waals surface area contributed by atoms with E-state index in [1.165, 1.54) is 18.1 Å². The zero-order valence-corrected chi connectivity index (χ0v) is 17.7. The monoisotopic (exact) mass is 476 g/mol. The molecule has 2 aliphatic rings. The first-order valence-corrected chi connectivity index (χ1v) is 10.7. The molecule has 2 aliphatic heterocycles. The molecule has 2 aromatic heterocycles. The lowest BCUT2D eigenvalue weighted by Gasteiger charge is -2.17. The molecule has 1 saturated heterocycles. The molecule has 1 amide bonds. The van der Waals surface area contributed by atoms with Gasteiger partial charge in [0.25, 0.3) is 0 Å². The molecule has 0 radical (unpaired) electrons. The fourth-order valence-electron chi connectivity index (χ4n) is 3.45. The van der Waals surface area contributed by atoms with Crippen LogP contribution in [0.4, 0.5) is 5.82 Å². The van der Waals surface area contributed by atoms with Gasteiger partial charge in [-0.05, 0) is 34.5 Å². The number of amides is 1. The number of halogens is 1. The van der Waals surface area contributed by atoms with Crippen molar-refractivity contribution in [3.63, 3.8) is 0 Å². The highest BCUT2D eigenvalue weighted by Gasteiger charge is 2.23. The summed E-state index contributed by atoms with van der Waals surface area (Å²) in [6.45, 7) is 2.18. The molecule has 150 valence electrons. The molecule has 2 N–H and O–H groups in total. The van der Waals surface area contributed by atoms with Crippen LogP contribution in [-0.4, -0.2) is 50.2 Å². The Hall–Kier alpha value is -2.53. The van der Waals surface area contributed by atoms with Crippen LogP contribution in [0.15, 0.2) is 33.0 Å². The van der Waals surface area contributed by atoms with E-state index >= 15 is 0 Å². The van der Waals surface area contributed by atoms with Crippen molar-refractivity contribution in [1.82, 2.24) is 24.4 Å². The Balaban J connectivity index is 1.51. The first kappa shape index (κ1) is 18.5. The van der Waals surface area contributed by atoms with Crippen molar-refractivity contribution >= 4 is 50.6 Å². The summed E-state index contributed by atoms with van der Waals surface area (Å²) < 4.78 is 13.8. The summed E-state index contributed by atoms with van der Waals surface area (Å²) in [4.78, 5) is 27.9. The van der Waals surface area contributed by atoms with Gasteiger partial charge in [-0.15, -0.1) is 0 Å². The van der Waals surface area contributed by atoms with E-state index in [-0.39, 0.29) is 12.7 Å². The summed E-state index contributed by atoms with van der Waals surface area (Å²) in [6, 6.07) is 3.80. The predicted molar refractivity (Wildman–Crippen MR) is 110 cm³/mol. The van der Waals surface area contributed by atoms with Crippen molar-refractivity contribution < 1.29 is 14.3 Å². The van der Waals surface area contributed by atoms with Crippen molar-refractivity contribution in [2.45, 2.75) is 29.4 Å². The minimum atomic E-state index is 0.191. The maximum Gasteiger partial charge on any atom is 0.231 e. The Labute approximate surface area is 178 Å². The van der Waals surface area contributed by atoms with E-state index in [0.29, 0.717) is 48.0 Å². The lowest BCUT2D eigenvalue weighted by molar-refractivity contribution is -0.127. The van der Waals surface area contributed by atoms with Crippen LogP contribution in [-0.2, 0) is 11.3 Å². The third-order valence-electron chi connectivity index (χ3n) is 4.92. The molecule has 29 heavy (non-hydrogen) atoms. The largest absolute Gasteiger partial charge is 0.454 e. The van der Waals surface area contributed by atoms with Crippen LogP contribution in [0.1, 0.15) is 12.8 Å². The van der Waals surface area contributed by atoms with Crippen LogP contribution >= 0.6 is 27.7 Å². The zero-order valence-electron chi connectivity index (χ0n) is 15.3. The smallest absolute Gasteiger partial charge is 0.231 e. The predicted octanol–water partition coefficient (Wildman–Crippen LogP) is 2.67. The number of aromatic nitrogens is 4. The average Bonchev–Trinajstić information content (AvgIpc) is 3.40. The van der Waals surface area contributed by atoms with Crippen molar-refractivity contribution in [3.05, 3.63) is 22.9 Å². The number of fused-ring (bicyclic) bond motifs is 2. The van der Waals surface area contributed by atoms with Crippen molar-refractivity contribution in [2.24, 2.45) is 0 Å². The molecule has 1 fully saturated rings. The number of hydrogen-bond acceptors (Lipinski definition) is 8. The fraction of sp³-hybridized carbons (Fsp3) is 0.333. The van der Waals surface area contributed by atoms with Gasteiger partial charge in [0.2, 0.25) is 12.7 Å². The first-order valence-electron chi connectivity index (χ1n) is 9.11. The number of ether oxygens (including phenoxy) is 2. The third-order valence-corrected chi connectivity index (χ3v) is 6.89. The molecule has 0 spiro atoms. The number of anilines is 1. The molecular weight excluding hydrogens is 460 g/mol. The number of nitrogens with two attached hydrogens (primary N) is 1. The topological polar surface area (TPSA) is 108 Å². The lowest BCUT2D eigenvalue weighted by atomic mass is 10.3. The number of imidazole rings is 1. The standard InChI is InChI=1S/C18H17BrN6O3S/c19-10-6-11-12(28-9-27-11)7-13(10)29-18-23-15-16(20)21-8-22-17(15)25(18)5-4-24-3-1-2-14(24)26/h6-8H,1-5,9H2,(H2,20,21,22). The fourth-order valence-corrected chi connectivity index (χ4v) is 4.96. The van der Waals surface area contributed by atoms with Gasteiger partial charge in [0, 0.05) is 35.4 Å². The van der Waals surface area contributed by atoms with E-state index in [1.54, 1.807) is 0 Å². The van der Waals surface area contributed by atoms with Gasteiger partial charge >= 0.3 is 0 Å². The van der Waals surface area contributed by atoms with E-state index < -0.39 is 0 Å². The summed E-state index contributed by atoms with van der Waals surface area (Å²) >= 11 is 5.06. The van der Waals surface area contributed by atoms with Crippen LogP contribution in [0.3, 0.4) is 0 Å². The van der Waals surface area contributed by atoms with E-state index in [9.17, 15) is 4.79 Å². The van der Waals surface area contributed by atoms with Crippen molar-refractivity contribution in [3.8, 4) is 11.5 Å². The summed E-state index contributed by atoms with van der Waals surface area (Å²) in [5, 5.41) is 0.721. The van der Waals surface area contributed by atoms with Gasteiger partial charge in [0.15, 0.2) is 33.6 Å². The van der Waals surface area contributed by atoms with Crippen LogP contribution in [0, 0.1) is 0 Å². The van der Waals surface area contributed by atoms with Crippen LogP contribution < -0.4 is 15.2 Å². The van der Waals surface area contributed by atoms with Gasteiger partial charge in [-0.25, -0.2) is 15.0 Å². The van der Waals surface area contributed by atoms with E-state index in [4.69, 9.17) is 15.2 Å².